The summed E-state index contributed by atoms with van der Waals surface area (Å²) in [6.07, 6.45) is 1.44. The Morgan fingerprint density at radius 3 is 2.52 bits per heavy atom. The van der Waals surface area contributed by atoms with E-state index in [-0.39, 0.29) is 11.4 Å². The molecule has 9 heteroatoms. The van der Waals surface area contributed by atoms with Gasteiger partial charge in [0.1, 0.15) is 16.4 Å². The van der Waals surface area contributed by atoms with E-state index < -0.39 is 26.6 Å². The number of benzene rings is 1. The first-order valence-corrected chi connectivity index (χ1v) is 7.86. The lowest BCUT2D eigenvalue weighted by atomic mass is 10.3. The third-order valence-electron chi connectivity index (χ3n) is 2.46. The fourth-order valence-corrected chi connectivity index (χ4v) is 2.34. The van der Waals surface area contributed by atoms with E-state index in [9.17, 15) is 17.6 Å². The highest BCUT2D eigenvalue weighted by Gasteiger charge is 2.15. The van der Waals surface area contributed by atoms with Crippen LogP contribution in [0.1, 0.15) is 10.5 Å². The van der Waals surface area contributed by atoms with Crippen LogP contribution in [0.5, 0.6) is 0 Å². The Hall–Kier alpha value is -1.84. The lowest BCUT2D eigenvalue weighted by Crippen LogP contribution is -2.16. The van der Waals surface area contributed by atoms with Gasteiger partial charge in [0.2, 0.25) is 10.0 Å². The van der Waals surface area contributed by atoms with E-state index in [4.69, 9.17) is 5.14 Å². The van der Waals surface area contributed by atoms with Gasteiger partial charge in [-0.25, -0.2) is 22.9 Å². The van der Waals surface area contributed by atoms with Crippen LogP contribution in [0, 0.1) is 5.82 Å². The van der Waals surface area contributed by atoms with Crippen LogP contribution in [0.4, 0.5) is 10.1 Å². The molecule has 0 aliphatic rings. The molecular weight excluding hydrogens is 365 g/mol. The monoisotopic (exact) mass is 373 g/mol. The third kappa shape index (κ3) is 3.84. The van der Waals surface area contributed by atoms with Gasteiger partial charge in [-0.3, -0.25) is 4.79 Å². The molecule has 0 spiro atoms. The molecule has 0 fully saturated rings. The van der Waals surface area contributed by atoms with Crippen molar-refractivity contribution in [2.24, 2.45) is 5.14 Å². The lowest BCUT2D eigenvalue weighted by molar-refractivity contribution is 0.102. The number of hydrogen-bond donors (Lipinski definition) is 2. The Morgan fingerprint density at radius 2 is 2.00 bits per heavy atom. The molecule has 2 aromatic rings. The average molecular weight is 374 g/mol. The maximum absolute atomic E-state index is 13.6. The van der Waals surface area contributed by atoms with Crippen molar-refractivity contribution >= 4 is 37.5 Å². The summed E-state index contributed by atoms with van der Waals surface area (Å²) < 4.78 is 36.5. The van der Waals surface area contributed by atoms with Gasteiger partial charge in [0, 0.05) is 16.4 Å². The molecule has 110 valence electrons. The van der Waals surface area contributed by atoms with Crippen molar-refractivity contribution in [1.29, 1.82) is 0 Å². The zero-order valence-corrected chi connectivity index (χ0v) is 12.8. The fraction of sp³-hybridized carbons (Fsp3) is 0. The van der Waals surface area contributed by atoms with Gasteiger partial charge in [-0.1, -0.05) is 0 Å². The predicted molar refractivity (Wildman–Crippen MR) is 77.7 cm³/mol. The first-order chi connectivity index (χ1) is 9.77. The van der Waals surface area contributed by atoms with Crippen molar-refractivity contribution < 1.29 is 17.6 Å². The molecule has 6 nitrogen and oxygen atoms in total. The number of halogens is 2. The Bertz CT molecular complexity index is 794. The van der Waals surface area contributed by atoms with E-state index in [1.807, 2.05) is 0 Å². The van der Waals surface area contributed by atoms with Crippen LogP contribution in [-0.4, -0.2) is 19.3 Å². The first-order valence-electron chi connectivity index (χ1n) is 5.52. The van der Waals surface area contributed by atoms with Crippen LogP contribution < -0.4 is 10.5 Å². The quantitative estimate of drug-likeness (QED) is 0.857. The molecule has 0 unspecified atom stereocenters. The Labute approximate surface area is 128 Å². The summed E-state index contributed by atoms with van der Waals surface area (Å²) >= 11 is 3.18. The minimum absolute atomic E-state index is 0.0922. The van der Waals surface area contributed by atoms with Crippen molar-refractivity contribution in [2.75, 3.05) is 5.32 Å². The van der Waals surface area contributed by atoms with Crippen LogP contribution in [0.15, 0.2) is 45.9 Å². The number of pyridine rings is 1. The minimum atomic E-state index is -4.14. The van der Waals surface area contributed by atoms with Crippen molar-refractivity contribution in [3.8, 4) is 0 Å². The summed E-state index contributed by atoms with van der Waals surface area (Å²) in [7, 11) is -4.14. The van der Waals surface area contributed by atoms with E-state index in [0.29, 0.717) is 4.47 Å². The molecule has 1 amide bonds. The van der Waals surface area contributed by atoms with E-state index in [1.54, 1.807) is 6.07 Å². The van der Waals surface area contributed by atoms with Crippen molar-refractivity contribution in [2.45, 2.75) is 4.90 Å². The molecule has 3 N–H and O–H groups in total. The minimum Gasteiger partial charge on any atom is -0.321 e. The van der Waals surface area contributed by atoms with E-state index in [1.165, 1.54) is 18.3 Å². The average Bonchev–Trinajstić information content (AvgIpc) is 2.37. The predicted octanol–water partition coefficient (Wildman–Crippen LogP) is 1.88. The maximum atomic E-state index is 13.6. The number of aromatic nitrogens is 1. The Kier molecular flexibility index (Phi) is 4.35. The van der Waals surface area contributed by atoms with Gasteiger partial charge < -0.3 is 5.32 Å². The van der Waals surface area contributed by atoms with Gasteiger partial charge in [-0.15, -0.1) is 0 Å². The fourth-order valence-electron chi connectivity index (χ4n) is 1.51. The Morgan fingerprint density at radius 1 is 1.29 bits per heavy atom. The standard InChI is InChI=1S/C12H9BrFN3O3S/c13-7-1-3-10(16-6-7)12(18)17-8-2-4-11(9(14)5-8)21(15,19)20/h1-6H,(H,17,18)(H2,15,19,20). The summed E-state index contributed by atoms with van der Waals surface area (Å²) in [6, 6.07) is 6.20. The van der Waals surface area contributed by atoms with Crippen LogP contribution in [0.2, 0.25) is 0 Å². The van der Waals surface area contributed by atoms with Crippen LogP contribution in [0.25, 0.3) is 0 Å². The van der Waals surface area contributed by atoms with Gasteiger partial charge in [0.25, 0.3) is 5.91 Å². The normalized spacial score (nSPS) is 11.2. The molecule has 1 aromatic carbocycles. The summed E-state index contributed by atoms with van der Waals surface area (Å²) in [5.74, 6) is -1.59. The summed E-state index contributed by atoms with van der Waals surface area (Å²) in [5, 5.41) is 7.25. The van der Waals surface area contributed by atoms with Gasteiger partial charge in [-0.2, -0.15) is 0 Å². The number of sulfonamides is 1. The number of nitrogens with two attached hydrogens (primary N) is 1. The highest BCUT2D eigenvalue weighted by atomic mass is 79.9. The van der Waals surface area contributed by atoms with Gasteiger partial charge in [-0.05, 0) is 46.3 Å². The number of amides is 1. The number of anilines is 1. The molecule has 0 aliphatic carbocycles. The second kappa shape index (κ2) is 5.88. The second-order valence-electron chi connectivity index (χ2n) is 4.01. The topological polar surface area (TPSA) is 102 Å². The van der Waals surface area contributed by atoms with E-state index >= 15 is 0 Å². The maximum Gasteiger partial charge on any atom is 0.274 e. The van der Waals surface area contributed by atoms with Crippen molar-refractivity contribution in [1.82, 2.24) is 4.98 Å². The van der Waals surface area contributed by atoms with Gasteiger partial charge in [0.15, 0.2) is 0 Å². The SMILES string of the molecule is NS(=O)(=O)c1ccc(NC(=O)c2ccc(Br)cn2)cc1F. The molecular formula is C12H9BrFN3O3S. The zero-order chi connectivity index (χ0) is 15.6. The van der Waals surface area contributed by atoms with E-state index in [2.05, 4.69) is 26.2 Å². The number of nitrogens with one attached hydrogen (secondary N) is 1. The smallest absolute Gasteiger partial charge is 0.274 e. The zero-order valence-electron chi connectivity index (χ0n) is 10.4. The number of hydrogen-bond acceptors (Lipinski definition) is 4. The number of rotatable bonds is 3. The number of nitrogens with zero attached hydrogens (tertiary/aromatic N) is 1. The number of carbonyl (C=O) groups excluding carboxylic acids is 1. The van der Waals surface area contributed by atoms with Crippen molar-refractivity contribution in [3.63, 3.8) is 0 Å². The Balaban J connectivity index is 2.22. The molecule has 0 atom stereocenters. The molecule has 1 aromatic heterocycles. The third-order valence-corrected chi connectivity index (χ3v) is 3.87. The van der Waals surface area contributed by atoms with Gasteiger partial charge >= 0.3 is 0 Å². The molecule has 2 rings (SSSR count). The first kappa shape index (κ1) is 15.5. The van der Waals surface area contributed by atoms with E-state index in [0.717, 1.165) is 12.1 Å². The second-order valence-corrected chi connectivity index (χ2v) is 6.45. The van der Waals surface area contributed by atoms with Crippen LogP contribution >= 0.6 is 15.9 Å². The summed E-state index contributed by atoms with van der Waals surface area (Å²) in [6.45, 7) is 0. The number of primary sulfonamides is 1. The van der Waals surface area contributed by atoms with Gasteiger partial charge in [0.05, 0.1) is 0 Å². The molecule has 0 bridgehead atoms. The van der Waals surface area contributed by atoms with Crippen molar-refractivity contribution in [3.05, 3.63) is 52.5 Å². The molecule has 0 radical (unpaired) electrons. The highest BCUT2D eigenvalue weighted by molar-refractivity contribution is 9.10. The number of carbonyl (C=O) groups is 1. The molecule has 0 aliphatic heterocycles. The molecule has 0 saturated carbocycles. The molecule has 0 saturated heterocycles. The van der Waals surface area contributed by atoms with Crippen LogP contribution in [0.3, 0.4) is 0 Å². The summed E-state index contributed by atoms with van der Waals surface area (Å²) in [5.41, 5.74) is 0.226. The molecule has 21 heavy (non-hydrogen) atoms. The van der Waals surface area contributed by atoms with Crippen LogP contribution in [-0.2, 0) is 10.0 Å². The highest BCUT2D eigenvalue weighted by Crippen LogP contribution is 2.18. The molecule has 1 heterocycles. The lowest BCUT2D eigenvalue weighted by Gasteiger charge is -2.06. The summed E-state index contributed by atoms with van der Waals surface area (Å²) in [4.78, 5) is 15.1. The largest absolute Gasteiger partial charge is 0.321 e.